The third-order valence-corrected chi connectivity index (χ3v) is 2.66. The van der Waals surface area contributed by atoms with Crippen LogP contribution >= 0.6 is 0 Å². The molecule has 0 aromatic heterocycles. The van der Waals surface area contributed by atoms with E-state index in [-0.39, 0.29) is 11.9 Å². The molecule has 1 rings (SSSR count). The molecule has 0 aliphatic heterocycles. The molecule has 90 valence electrons. The molecule has 0 spiro atoms. The van der Waals surface area contributed by atoms with Gasteiger partial charge in [-0.1, -0.05) is 6.07 Å². The molecule has 0 aliphatic rings. The average Bonchev–Trinajstić information content (AvgIpc) is 2.23. The van der Waals surface area contributed by atoms with Crippen LogP contribution < -0.4 is 10.1 Å². The molecule has 16 heavy (non-hydrogen) atoms. The number of rotatable bonds is 5. The summed E-state index contributed by atoms with van der Waals surface area (Å²) in [6, 6.07) is 5.37. The number of halogens is 1. The first kappa shape index (κ1) is 13.0. The Morgan fingerprint density at radius 3 is 2.62 bits per heavy atom. The van der Waals surface area contributed by atoms with E-state index in [1.165, 1.54) is 6.07 Å². The highest BCUT2D eigenvalue weighted by atomic mass is 19.1. The van der Waals surface area contributed by atoms with E-state index < -0.39 is 0 Å². The molecule has 3 heteroatoms. The third-order valence-electron chi connectivity index (χ3n) is 2.66. The first-order valence-electron chi connectivity index (χ1n) is 5.63. The Balaban J connectivity index is 2.56. The molecular weight excluding hydrogens is 205 g/mol. The molecule has 0 saturated carbocycles. The van der Waals surface area contributed by atoms with E-state index in [1.807, 2.05) is 14.0 Å². The molecule has 0 aliphatic carbocycles. The van der Waals surface area contributed by atoms with Gasteiger partial charge in [-0.15, -0.1) is 0 Å². The molecule has 1 N–H and O–H groups in total. The van der Waals surface area contributed by atoms with Crippen LogP contribution in [0.1, 0.15) is 25.8 Å². The summed E-state index contributed by atoms with van der Waals surface area (Å²) in [6.07, 6.45) is 0.968. The Hall–Kier alpha value is -1.09. The summed E-state index contributed by atoms with van der Waals surface area (Å²) in [5.41, 5.74) is 0.642. The van der Waals surface area contributed by atoms with Crippen molar-refractivity contribution >= 4 is 0 Å². The highest BCUT2D eigenvalue weighted by Gasteiger charge is 2.09. The number of benzene rings is 1. The van der Waals surface area contributed by atoms with Crippen molar-refractivity contribution in [2.24, 2.45) is 0 Å². The summed E-state index contributed by atoms with van der Waals surface area (Å²) < 4.78 is 18.9. The van der Waals surface area contributed by atoms with Crippen molar-refractivity contribution in [3.8, 4) is 5.75 Å². The lowest BCUT2D eigenvalue weighted by Crippen LogP contribution is -2.28. The Kier molecular flexibility index (Phi) is 4.74. The molecule has 1 aromatic carbocycles. The fourth-order valence-electron chi connectivity index (χ4n) is 1.54. The number of ether oxygens (including phenoxy) is 1. The zero-order valence-corrected chi connectivity index (χ0v) is 10.4. The van der Waals surface area contributed by atoms with E-state index in [0.717, 1.165) is 6.42 Å². The minimum atomic E-state index is -0.216. The van der Waals surface area contributed by atoms with Gasteiger partial charge in [0.25, 0.3) is 0 Å². The van der Waals surface area contributed by atoms with Crippen LogP contribution in [0.3, 0.4) is 0 Å². The van der Waals surface area contributed by atoms with E-state index in [0.29, 0.717) is 17.4 Å². The van der Waals surface area contributed by atoms with E-state index in [1.54, 1.807) is 19.1 Å². The smallest absolute Gasteiger partial charge is 0.129 e. The molecule has 1 aromatic rings. The summed E-state index contributed by atoms with van der Waals surface area (Å²) in [4.78, 5) is 0. The normalized spacial score (nSPS) is 14.6. The molecular formula is C13H20FNO. The highest BCUT2D eigenvalue weighted by Crippen LogP contribution is 2.18. The van der Waals surface area contributed by atoms with Crippen molar-refractivity contribution in [3.05, 3.63) is 29.6 Å². The summed E-state index contributed by atoms with van der Waals surface area (Å²) in [5.74, 6) is 0.380. The lowest BCUT2D eigenvalue weighted by molar-refractivity contribution is 0.197. The second-order valence-corrected chi connectivity index (χ2v) is 4.26. The van der Waals surface area contributed by atoms with Gasteiger partial charge in [-0.2, -0.15) is 0 Å². The SMILES string of the molecule is CNC(C)CC(C)Oc1ccc(C)c(F)c1. The van der Waals surface area contributed by atoms with Crippen LogP contribution in [0, 0.1) is 12.7 Å². The summed E-state index contributed by atoms with van der Waals surface area (Å²) in [7, 11) is 1.92. The van der Waals surface area contributed by atoms with Gasteiger partial charge in [0, 0.05) is 12.1 Å². The maximum Gasteiger partial charge on any atom is 0.129 e. The van der Waals surface area contributed by atoms with Crippen molar-refractivity contribution in [1.29, 1.82) is 0 Å². The zero-order chi connectivity index (χ0) is 12.1. The fourth-order valence-corrected chi connectivity index (χ4v) is 1.54. The van der Waals surface area contributed by atoms with Crippen molar-refractivity contribution in [2.45, 2.75) is 39.3 Å². The molecule has 2 nitrogen and oxygen atoms in total. The van der Waals surface area contributed by atoms with Crippen molar-refractivity contribution < 1.29 is 9.13 Å². The molecule has 0 amide bonds. The first-order chi connectivity index (χ1) is 7.52. The van der Waals surface area contributed by atoms with Crippen LogP contribution in [-0.4, -0.2) is 19.2 Å². The Bertz CT molecular complexity index is 341. The number of nitrogens with one attached hydrogen (secondary N) is 1. The van der Waals surface area contributed by atoms with Gasteiger partial charge in [0.15, 0.2) is 0 Å². The quantitative estimate of drug-likeness (QED) is 0.832. The maximum absolute atomic E-state index is 13.3. The first-order valence-corrected chi connectivity index (χ1v) is 5.63. The van der Waals surface area contributed by atoms with E-state index in [4.69, 9.17) is 4.74 Å². The van der Waals surface area contributed by atoms with E-state index in [9.17, 15) is 4.39 Å². The van der Waals surface area contributed by atoms with Gasteiger partial charge in [0.2, 0.25) is 0 Å². The van der Waals surface area contributed by atoms with Crippen molar-refractivity contribution in [2.75, 3.05) is 7.05 Å². The molecule has 2 atom stereocenters. The van der Waals surface area contributed by atoms with Crippen molar-refractivity contribution in [3.63, 3.8) is 0 Å². The van der Waals surface area contributed by atoms with Crippen LogP contribution in [0.25, 0.3) is 0 Å². The van der Waals surface area contributed by atoms with Gasteiger partial charge < -0.3 is 10.1 Å². The van der Waals surface area contributed by atoms with Crippen LogP contribution in [0.15, 0.2) is 18.2 Å². The molecule has 0 radical (unpaired) electrons. The Morgan fingerprint density at radius 2 is 2.06 bits per heavy atom. The zero-order valence-electron chi connectivity index (χ0n) is 10.4. The third kappa shape index (κ3) is 3.81. The van der Waals surface area contributed by atoms with Gasteiger partial charge in [-0.3, -0.25) is 0 Å². The monoisotopic (exact) mass is 225 g/mol. The molecule has 0 bridgehead atoms. The molecule has 0 heterocycles. The number of hydrogen-bond acceptors (Lipinski definition) is 2. The standard InChI is InChI=1S/C13H20FNO/c1-9-5-6-12(8-13(9)14)16-11(3)7-10(2)15-4/h5-6,8,10-11,15H,7H2,1-4H3. The Morgan fingerprint density at radius 1 is 1.38 bits per heavy atom. The second-order valence-electron chi connectivity index (χ2n) is 4.26. The summed E-state index contributed by atoms with van der Waals surface area (Å²) >= 11 is 0. The lowest BCUT2D eigenvalue weighted by Gasteiger charge is -2.18. The predicted octanol–water partition coefficient (Wildman–Crippen LogP) is 2.90. The maximum atomic E-state index is 13.3. The van der Waals surface area contributed by atoms with Crippen LogP contribution in [0.5, 0.6) is 5.75 Å². The van der Waals surface area contributed by atoms with Crippen LogP contribution in [-0.2, 0) is 0 Å². The van der Waals surface area contributed by atoms with E-state index in [2.05, 4.69) is 12.2 Å². The minimum absolute atomic E-state index is 0.0737. The molecule has 2 unspecified atom stereocenters. The average molecular weight is 225 g/mol. The second kappa shape index (κ2) is 5.85. The Labute approximate surface area is 96.8 Å². The highest BCUT2D eigenvalue weighted by molar-refractivity contribution is 5.28. The summed E-state index contributed by atoms with van der Waals surface area (Å²) in [6.45, 7) is 5.83. The fraction of sp³-hybridized carbons (Fsp3) is 0.538. The van der Waals surface area contributed by atoms with Gasteiger partial charge >= 0.3 is 0 Å². The summed E-state index contributed by atoms with van der Waals surface area (Å²) in [5, 5.41) is 3.15. The largest absolute Gasteiger partial charge is 0.491 e. The number of hydrogen-bond donors (Lipinski definition) is 1. The van der Waals surface area contributed by atoms with Crippen LogP contribution in [0.2, 0.25) is 0 Å². The van der Waals surface area contributed by atoms with Crippen molar-refractivity contribution in [1.82, 2.24) is 5.32 Å². The van der Waals surface area contributed by atoms with Gasteiger partial charge in [-0.25, -0.2) is 4.39 Å². The molecule has 0 fully saturated rings. The lowest BCUT2D eigenvalue weighted by atomic mass is 10.1. The van der Waals surface area contributed by atoms with E-state index >= 15 is 0 Å². The molecule has 0 saturated heterocycles. The topological polar surface area (TPSA) is 21.3 Å². The minimum Gasteiger partial charge on any atom is -0.491 e. The van der Waals surface area contributed by atoms with Gasteiger partial charge in [0.1, 0.15) is 11.6 Å². The number of aryl methyl sites for hydroxylation is 1. The predicted molar refractivity (Wildman–Crippen MR) is 64.4 cm³/mol. The van der Waals surface area contributed by atoms with Gasteiger partial charge in [0.05, 0.1) is 6.10 Å². The van der Waals surface area contributed by atoms with Gasteiger partial charge in [-0.05, 0) is 45.9 Å². The van der Waals surface area contributed by atoms with Crippen LogP contribution in [0.4, 0.5) is 4.39 Å².